The Labute approximate surface area is 181 Å². The average molecular weight is 403 g/mol. The van der Waals surface area contributed by atoms with Crippen LogP contribution in [0.25, 0.3) is 11.1 Å². The highest BCUT2D eigenvalue weighted by molar-refractivity contribution is 6.47. The molecule has 0 radical (unpaired) electrons. The van der Waals surface area contributed by atoms with E-state index in [0.29, 0.717) is 39.1 Å². The number of para-hydroxylation sites is 1. The van der Waals surface area contributed by atoms with Gasteiger partial charge in [0.1, 0.15) is 0 Å². The highest BCUT2D eigenvalue weighted by atomic mass is 16.1. The first-order valence-electron chi connectivity index (χ1n) is 10.0. The Bertz CT molecular complexity index is 1240. The molecular formula is C28H21NO2. The molecule has 3 nitrogen and oxygen atoms in total. The second-order valence-corrected chi connectivity index (χ2v) is 7.09. The Kier molecular flexibility index (Phi) is 5.86. The number of rotatable bonds is 6. The Balaban J connectivity index is 2.07. The van der Waals surface area contributed by atoms with Gasteiger partial charge in [-0.2, -0.15) is 0 Å². The summed E-state index contributed by atoms with van der Waals surface area (Å²) in [7, 11) is 0. The molecule has 150 valence electrons. The lowest BCUT2D eigenvalue weighted by Crippen LogP contribution is -2.13. The number of carbonyl (C=O) groups is 2. The molecular weight excluding hydrogens is 382 g/mol. The Hall–Kier alpha value is -4.24. The number of allylic oxidation sites excluding steroid dienone is 2. The van der Waals surface area contributed by atoms with Gasteiger partial charge in [0.15, 0.2) is 11.6 Å². The minimum Gasteiger partial charge on any atom is -0.398 e. The maximum absolute atomic E-state index is 13.8. The van der Waals surface area contributed by atoms with Crippen LogP contribution in [0.2, 0.25) is 0 Å². The number of hydrogen-bond acceptors (Lipinski definition) is 3. The van der Waals surface area contributed by atoms with E-state index >= 15 is 0 Å². The molecule has 4 rings (SSSR count). The number of anilines is 1. The van der Waals surface area contributed by atoms with Gasteiger partial charge >= 0.3 is 0 Å². The molecule has 0 amide bonds. The van der Waals surface area contributed by atoms with Crippen LogP contribution < -0.4 is 5.73 Å². The Morgan fingerprint density at radius 3 is 1.32 bits per heavy atom. The molecule has 0 saturated heterocycles. The van der Waals surface area contributed by atoms with Crippen LogP contribution >= 0.6 is 0 Å². The van der Waals surface area contributed by atoms with Crippen molar-refractivity contribution >= 4 is 28.4 Å². The number of nitrogen functional groups attached to an aromatic ring is 1. The maximum atomic E-state index is 13.8. The van der Waals surface area contributed by atoms with Crippen LogP contribution in [-0.4, -0.2) is 11.6 Å². The summed E-state index contributed by atoms with van der Waals surface area (Å²) < 4.78 is 0. The van der Waals surface area contributed by atoms with Gasteiger partial charge in [-0.05, 0) is 11.6 Å². The van der Waals surface area contributed by atoms with Crippen LogP contribution in [0.3, 0.4) is 0 Å². The van der Waals surface area contributed by atoms with Gasteiger partial charge in [0.2, 0.25) is 0 Å². The van der Waals surface area contributed by atoms with E-state index in [1.807, 2.05) is 66.7 Å². The fourth-order valence-corrected chi connectivity index (χ4v) is 3.56. The smallest absolute Gasteiger partial charge is 0.194 e. The molecule has 4 aromatic rings. The topological polar surface area (TPSA) is 60.2 Å². The van der Waals surface area contributed by atoms with Gasteiger partial charge < -0.3 is 5.73 Å². The molecule has 0 aliphatic carbocycles. The number of hydrogen-bond donors (Lipinski definition) is 1. The van der Waals surface area contributed by atoms with E-state index in [1.54, 1.807) is 48.5 Å². The quantitative estimate of drug-likeness (QED) is 0.187. The maximum Gasteiger partial charge on any atom is 0.194 e. The van der Waals surface area contributed by atoms with Crippen molar-refractivity contribution in [3.8, 4) is 0 Å². The van der Waals surface area contributed by atoms with Gasteiger partial charge in [-0.25, -0.2) is 0 Å². The number of Topliss-reactive ketones (excluding diaryl/α,β-unsaturated/α-hetero) is 2. The minimum atomic E-state index is -0.248. The first-order chi connectivity index (χ1) is 15.2. The van der Waals surface area contributed by atoms with Gasteiger partial charge in [-0.1, -0.05) is 109 Å². The molecule has 0 aliphatic rings. The molecule has 0 atom stereocenters. The molecule has 0 fully saturated rings. The van der Waals surface area contributed by atoms with Crippen LogP contribution in [0.4, 0.5) is 5.69 Å². The van der Waals surface area contributed by atoms with Crippen LogP contribution in [-0.2, 0) is 0 Å². The highest BCUT2D eigenvalue weighted by Gasteiger charge is 2.26. The minimum absolute atomic E-state index is 0.227. The van der Waals surface area contributed by atoms with Crippen molar-refractivity contribution in [2.24, 2.45) is 0 Å². The zero-order valence-corrected chi connectivity index (χ0v) is 16.9. The van der Waals surface area contributed by atoms with Crippen LogP contribution in [0.1, 0.15) is 31.8 Å². The van der Waals surface area contributed by atoms with Crippen LogP contribution in [0.5, 0.6) is 0 Å². The van der Waals surface area contributed by atoms with Gasteiger partial charge in [-0.15, -0.1) is 0 Å². The van der Waals surface area contributed by atoms with Crippen molar-refractivity contribution in [1.82, 2.24) is 0 Å². The zero-order chi connectivity index (χ0) is 21.6. The molecule has 31 heavy (non-hydrogen) atoms. The first kappa shape index (κ1) is 20.0. The van der Waals surface area contributed by atoms with Gasteiger partial charge in [0, 0.05) is 33.5 Å². The van der Waals surface area contributed by atoms with E-state index in [4.69, 9.17) is 5.73 Å². The zero-order valence-electron chi connectivity index (χ0n) is 16.9. The molecule has 0 heterocycles. The van der Waals surface area contributed by atoms with Gasteiger partial charge in [0.25, 0.3) is 0 Å². The van der Waals surface area contributed by atoms with Gasteiger partial charge in [0.05, 0.1) is 0 Å². The molecule has 0 saturated carbocycles. The summed E-state index contributed by atoms with van der Waals surface area (Å²) in [5.41, 5.74) is 9.57. The second-order valence-electron chi connectivity index (χ2n) is 7.09. The summed E-state index contributed by atoms with van der Waals surface area (Å²) >= 11 is 0. The average Bonchev–Trinajstić information content (AvgIpc) is 2.84. The van der Waals surface area contributed by atoms with Crippen LogP contribution in [0, 0.1) is 0 Å². The van der Waals surface area contributed by atoms with Crippen molar-refractivity contribution < 1.29 is 9.59 Å². The lowest BCUT2D eigenvalue weighted by Gasteiger charge is -2.17. The molecule has 4 aromatic carbocycles. The van der Waals surface area contributed by atoms with Crippen molar-refractivity contribution in [3.05, 3.63) is 138 Å². The Morgan fingerprint density at radius 1 is 0.452 bits per heavy atom. The van der Waals surface area contributed by atoms with Crippen molar-refractivity contribution in [1.29, 1.82) is 0 Å². The summed E-state index contributed by atoms with van der Waals surface area (Å²) in [5.74, 6) is -0.476. The van der Waals surface area contributed by atoms with Crippen molar-refractivity contribution in [2.75, 3.05) is 5.73 Å². The normalized spacial score (nSPS) is 11.5. The molecule has 0 spiro atoms. The molecule has 0 aromatic heterocycles. The van der Waals surface area contributed by atoms with Crippen molar-refractivity contribution in [2.45, 2.75) is 0 Å². The molecule has 3 heteroatoms. The molecule has 0 bridgehead atoms. The summed E-state index contributed by atoms with van der Waals surface area (Å²) in [6.45, 7) is 0. The third-order valence-corrected chi connectivity index (χ3v) is 5.07. The first-order valence-corrected chi connectivity index (χ1v) is 10.0. The number of ketones is 2. The summed E-state index contributed by atoms with van der Waals surface area (Å²) in [6.07, 6.45) is 0. The van der Waals surface area contributed by atoms with E-state index in [-0.39, 0.29) is 11.6 Å². The highest BCUT2D eigenvalue weighted by Crippen LogP contribution is 2.34. The lowest BCUT2D eigenvalue weighted by atomic mass is 9.85. The molecule has 0 aliphatic heterocycles. The largest absolute Gasteiger partial charge is 0.398 e. The third kappa shape index (κ3) is 4.21. The standard InChI is InChI=1S/C28H21NO2/c29-24-19-11-10-18-23(24)26(28(31)22-16-8-3-9-17-22)25(20-12-4-1-5-13-20)27(30)21-14-6-2-7-15-21/h1-19H,29H2. The summed E-state index contributed by atoms with van der Waals surface area (Å²) in [6, 6.07) is 34.4. The Morgan fingerprint density at radius 2 is 0.839 bits per heavy atom. The lowest BCUT2D eigenvalue weighted by molar-refractivity contribution is 0.103. The second kappa shape index (κ2) is 9.06. The third-order valence-electron chi connectivity index (χ3n) is 5.07. The monoisotopic (exact) mass is 403 g/mol. The van der Waals surface area contributed by atoms with E-state index in [9.17, 15) is 9.59 Å². The number of nitrogens with two attached hydrogens (primary N) is 1. The van der Waals surface area contributed by atoms with E-state index in [0.717, 1.165) is 0 Å². The number of benzene rings is 4. The molecule has 2 N–H and O–H groups in total. The fourth-order valence-electron chi connectivity index (χ4n) is 3.56. The van der Waals surface area contributed by atoms with Gasteiger partial charge in [-0.3, -0.25) is 9.59 Å². The molecule has 0 unspecified atom stereocenters. The predicted molar refractivity (Wildman–Crippen MR) is 126 cm³/mol. The fraction of sp³-hybridized carbons (Fsp3) is 0. The van der Waals surface area contributed by atoms with Crippen molar-refractivity contribution in [3.63, 3.8) is 0 Å². The summed E-state index contributed by atoms with van der Waals surface area (Å²) in [5, 5.41) is 0. The van der Waals surface area contributed by atoms with E-state index in [1.165, 1.54) is 0 Å². The van der Waals surface area contributed by atoms with Crippen LogP contribution in [0.15, 0.2) is 115 Å². The van der Waals surface area contributed by atoms with E-state index in [2.05, 4.69) is 0 Å². The summed E-state index contributed by atoms with van der Waals surface area (Å²) in [4.78, 5) is 27.5. The van der Waals surface area contributed by atoms with E-state index < -0.39 is 0 Å². The SMILES string of the molecule is Nc1ccccc1C(C(=O)c1ccccc1)=C(C(=O)c1ccccc1)c1ccccc1. The predicted octanol–water partition coefficient (Wildman–Crippen LogP) is 5.95. The number of carbonyl (C=O) groups excluding carboxylic acids is 2.